The van der Waals surface area contributed by atoms with Gasteiger partial charge >= 0.3 is 5.97 Å². The monoisotopic (exact) mass is 397 g/mol. The first-order chi connectivity index (χ1) is 14.0. The van der Waals surface area contributed by atoms with E-state index < -0.39 is 5.97 Å². The van der Waals surface area contributed by atoms with Crippen LogP contribution in [0.15, 0.2) is 54.6 Å². The van der Waals surface area contributed by atoms with Crippen LogP contribution in [0.4, 0.5) is 0 Å². The lowest BCUT2D eigenvalue weighted by Gasteiger charge is -2.13. The summed E-state index contributed by atoms with van der Waals surface area (Å²) in [6, 6.07) is 15.3. The highest BCUT2D eigenvalue weighted by Crippen LogP contribution is 2.25. The molecule has 0 radical (unpaired) electrons. The average Bonchev–Trinajstić information content (AvgIpc) is 2.75. The highest BCUT2D eigenvalue weighted by atomic mass is 16.5. The van der Waals surface area contributed by atoms with Gasteiger partial charge in [-0.25, -0.2) is 4.79 Å². The van der Waals surface area contributed by atoms with Crippen LogP contribution in [0.2, 0.25) is 0 Å². The van der Waals surface area contributed by atoms with E-state index in [9.17, 15) is 9.59 Å². The molecule has 154 valence electrons. The molecule has 1 amide bonds. The zero-order chi connectivity index (χ0) is 21.1. The highest BCUT2D eigenvalue weighted by Gasteiger charge is 2.10. The van der Waals surface area contributed by atoms with Crippen molar-refractivity contribution in [2.45, 2.75) is 25.8 Å². The van der Waals surface area contributed by atoms with Gasteiger partial charge in [0.1, 0.15) is 11.5 Å². The number of methoxy groups -OCH3 is 2. The number of carbonyl (C=O) groups is 2. The molecule has 1 atom stereocenters. The number of ether oxygens (including phenoxy) is 3. The van der Waals surface area contributed by atoms with Crippen molar-refractivity contribution in [3.63, 3.8) is 0 Å². The normalized spacial score (nSPS) is 11.7. The second-order valence-electron chi connectivity index (χ2n) is 6.54. The molecule has 2 aromatic rings. The van der Waals surface area contributed by atoms with Gasteiger partial charge in [0.25, 0.3) is 5.91 Å². The van der Waals surface area contributed by atoms with Gasteiger partial charge in [0.2, 0.25) is 0 Å². The molecule has 2 rings (SSSR count). The number of benzene rings is 2. The Morgan fingerprint density at radius 1 is 1.07 bits per heavy atom. The second kappa shape index (κ2) is 11.5. The zero-order valence-electron chi connectivity index (χ0n) is 17.0. The first kappa shape index (κ1) is 22.0. The summed E-state index contributed by atoms with van der Waals surface area (Å²) in [5.74, 6) is 0.302. The minimum absolute atomic E-state index is 0.0157. The summed E-state index contributed by atoms with van der Waals surface area (Å²) < 4.78 is 15.4. The Hall–Kier alpha value is -3.28. The molecule has 29 heavy (non-hydrogen) atoms. The van der Waals surface area contributed by atoms with Gasteiger partial charge in [-0.3, -0.25) is 4.79 Å². The number of esters is 1. The van der Waals surface area contributed by atoms with E-state index in [4.69, 9.17) is 14.2 Å². The van der Waals surface area contributed by atoms with Gasteiger partial charge in [-0.15, -0.1) is 0 Å². The third-order valence-electron chi connectivity index (χ3n) is 4.30. The largest absolute Gasteiger partial charge is 0.497 e. The third-order valence-corrected chi connectivity index (χ3v) is 4.30. The van der Waals surface area contributed by atoms with Crippen LogP contribution in [0.5, 0.6) is 11.5 Å². The molecule has 0 heterocycles. The number of nitrogens with one attached hydrogen (secondary N) is 1. The number of aryl methyl sites for hydroxylation is 1. The van der Waals surface area contributed by atoms with E-state index in [0.717, 1.165) is 12.8 Å². The summed E-state index contributed by atoms with van der Waals surface area (Å²) >= 11 is 0. The van der Waals surface area contributed by atoms with Gasteiger partial charge in [0.05, 0.1) is 14.2 Å². The van der Waals surface area contributed by atoms with E-state index in [2.05, 4.69) is 17.4 Å². The van der Waals surface area contributed by atoms with Crippen LogP contribution in [-0.2, 0) is 20.7 Å². The lowest BCUT2D eigenvalue weighted by molar-refractivity contribution is -0.144. The van der Waals surface area contributed by atoms with Crippen molar-refractivity contribution in [1.82, 2.24) is 5.32 Å². The van der Waals surface area contributed by atoms with Crippen molar-refractivity contribution in [2.75, 3.05) is 20.8 Å². The van der Waals surface area contributed by atoms with Gasteiger partial charge in [-0.05, 0) is 49.6 Å². The summed E-state index contributed by atoms with van der Waals surface area (Å²) in [7, 11) is 3.10. The zero-order valence-corrected chi connectivity index (χ0v) is 17.0. The molecule has 0 saturated carbocycles. The van der Waals surface area contributed by atoms with Crippen LogP contribution >= 0.6 is 0 Å². The second-order valence-corrected chi connectivity index (χ2v) is 6.54. The Morgan fingerprint density at radius 2 is 1.83 bits per heavy atom. The van der Waals surface area contributed by atoms with E-state index >= 15 is 0 Å². The molecule has 0 aromatic heterocycles. The van der Waals surface area contributed by atoms with Gasteiger partial charge in [0.15, 0.2) is 6.61 Å². The number of hydrogen-bond donors (Lipinski definition) is 1. The lowest BCUT2D eigenvalue weighted by Crippen LogP contribution is -2.36. The fourth-order valence-electron chi connectivity index (χ4n) is 2.73. The smallest absolute Gasteiger partial charge is 0.331 e. The molecule has 0 aliphatic rings. The molecule has 2 aromatic carbocycles. The Kier molecular flexibility index (Phi) is 8.76. The van der Waals surface area contributed by atoms with Crippen molar-refractivity contribution in [3.05, 3.63) is 65.7 Å². The summed E-state index contributed by atoms with van der Waals surface area (Å²) in [5.41, 5.74) is 1.89. The van der Waals surface area contributed by atoms with E-state index in [0.29, 0.717) is 17.1 Å². The maximum absolute atomic E-state index is 12.0. The number of carbonyl (C=O) groups excluding carboxylic acids is 2. The van der Waals surface area contributed by atoms with Gasteiger partial charge in [-0.2, -0.15) is 0 Å². The summed E-state index contributed by atoms with van der Waals surface area (Å²) in [6.07, 6.45) is 4.49. The fraction of sp³-hybridized carbons (Fsp3) is 0.304. The molecule has 6 heteroatoms. The third kappa shape index (κ3) is 7.70. The summed E-state index contributed by atoms with van der Waals surface area (Å²) in [4.78, 5) is 23.9. The molecule has 0 fully saturated rings. The standard InChI is InChI=1S/C23H27NO5/c1-17(9-10-18-7-5-4-6-8-18)24-22(25)16-29-23(26)14-11-19-15-20(27-2)12-13-21(19)28-3/h4-8,11-15,17H,9-10,16H2,1-3H3,(H,24,25)/b14-11+/t17-/m0/s1. The van der Waals surface area contributed by atoms with Crippen LogP contribution in [-0.4, -0.2) is 38.7 Å². The average molecular weight is 397 g/mol. The van der Waals surface area contributed by atoms with Crippen LogP contribution in [0.1, 0.15) is 24.5 Å². The molecular weight excluding hydrogens is 370 g/mol. The molecule has 0 spiro atoms. The minimum atomic E-state index is -0.609. The molecule has 0 bridgehead atoms. The maximum Gasteiger partial charge on any atom is 0.331 e. The quantitative estimate of drug-likeness (QED) is 0.491. The molecule has 0 unspecified atom stereocenters. The van der Waals surface area contributed by atoms with Crippen molar-refractivity contribution in [1.29, 1.82) is 0 Å². The Morgan fingerprint density at radius 3 is 2.52 bits per heavy atom. The Balaban J connectivity index is 1.76. The predicted octanol–water partition coefficient (Wildman–Crippen LogP) is 3.40. The van der Waals surface area contributed by atoms with Crippen molar-refractivity contribution < 1.29 is 23.8 Å². The number of rotatable bonds is 10. The van der Waals surface area contributed by atoms with Crippen LogP contribution in [0.25, 0.3) is 6.08 Å². The van der Waals surface area contributed by atoms with Crippen molar-refractivity contribution in [3.8, 4) is 11.5 Å². The molecular formula is C23H27NO5. The fourth-order valence-corrected chi connectivity index (χ4v) is 2.73. The minimum Gasteiger partial charge on any atom is -0.497 e. The molecule has 0 aliphatic heterocycles. The maximum atomic E-state index is 12.0. The van der Waals surface area contributed by atoms with E-state index in [1.165, 1.54) is 11.6 Å². The first-order valence-corrected chi connectivity index (χ1v) is 9.42. The van der Waals surface area contributed by atoms with Gasteiger partial charge < -0.3 is 19.5 Å². The molecule has 0 saturated heterocycles. The van der Waals surface area contributed by atoms with Gasteiger partial charge in [0, 0.05) is 17.7 Å². The van der Waals surface area contributed by atoms with Gasteiger partial charge in [-0.1, -0.05) is 30.3 Å². The van der Waals surface area contributed by atoms with E-state index in [1.54, 1.807) is 38.5 Å². The Labute approximate surface area is 171 Å². The predicted molar refractivity (Wildman–Crippen MR) is 112 cm³/mol. The Bertz CT molecular complexity index is 832. The molecule has 1 N–H and O–H groups in total. The van der Waals surface area contributed by atoms with E-state index in [-0.39, 0.29) is 18.6 Å². The molecule has 0 aliphatic carbocycles. The molecule has 6 nitrogen and oxygen atoms in total. The van der Waals surface area contributed by atoms with Crippen LogP contribution in [0.3, 0.4) is 0 Å². The van der Waals surface area contributed by atoms with Crippen LogP contribution in [0, 0.1) is 0 Å². The SMILES string of the molecule is COc1ccc(OC)c(/C=C/C(=O)OCC(=O)N[C@@H](C)CCc2ccccc2)c1. The van der Waals surface area contributed by atoms with Crippen LogP contribution < -0.4 is 14.8 Å². The topological polar surface area (TPSA) is 73.9 Å². The number of hydrogen-bond acceptors (Lipinski definition) is 5. The van der Waals surface area contributed by atoms with E-state index in [1.807, 2.05) is 25.1 Å². The lowest BCUT2D eigenvalue weighted by atomic mass is 10.1. The summed E-state index contributed by atoms with van der Waals surface area (Å²) in [5, 5.41) is 2.84. The van der Waals surface area contributed by atoms with Crippen molar-refractivity contribution >= 4 is 18.0 Å². The van der Waals surface area contributed by atoms with Crippen molar-refractivity contribution in [2.24, 2.45) is 0 Å². The highest BCUT2D eigenvalue weighted by molar-refractivity contribution is 5.89. The first-order valence-electron chi connectivity index (χ1n) is 9.42. The number of amides is 1. The summed E-state index contributed by atoms with van der Waals surface area (Å²) in [6.45, 7) is 1.60.